The molecular weight excluding hydrogens is 259 g/mol. The Kier molecular flexibility index (Phi) is 4.06. The highest BCUT2D eigenvalue weighted by Gasteiger charge is 2.17. The zero-order valence-corrected chi connectivity index (χ0v) is 10.4. The van der Waals surface area contributed by atoms with E-state index in [9.17, 15) is 17.6 Å². The Balaban J connectivity index is 3.24. The van der Waals surface area contributed by atoms with Gasteiger partial charge in [0, 0.05) is 12.6 Å². The molecule has 0 heterocycles. The predicted octanol–water partition coefficient (Wildman–Crippen LogP) is 0.178. The Morgan fingerprint density at radius 3 is 2.61 bits per heavy atom. The number of amides is 1. The largest absolute Gasteiger partial charge is 0.331 e. The fourth-order valence-corrected chi connectivity index (χ4v) is 1.85. The van der Waals surface area contributed by atoms with Gasteiger partial charge in [0.15, 0.2) is 0 Å². The van der Waals surface area contributed by atoms with Crippen LogP contribution >= 0.6 is 0 Å². The van der Waals surface area contributed by atoms with Gasteiger partial charge in [-0.2, -0.15) is 0 Å². The fraction of sp³-hybridized carbons (Fsp3) is 0.182. The molecule has 0 spiro atoms. The highest BCUT2D eigenvalue weighted by atomic mass is 32.2. The van der Waals surface area contributed by atoms with Crippen LogP contribution in [-0.4, -0.2) is 32.8 Å². The molecule has 1 rings (SSSR count). The lowest BCUT2D eigenvalue weighted by molar-refractivity contribution is 0.0812. The summed E-state index contributed by atoms with van der Waals surface area (Å²) in [4.78, 5) is 12.5. The average Bonchev–Trinajstić information content (AvgIpc) is 2.26. The number of nitrogens with zero attached hydrogens (tertiary/aromatic N) is 1. The van der Waals surface area contributed by atoms with E-state index in [4.69, 9.17) is 11.6 Å². The average molecular weight is 270 g/mol. The van der Waals surface area contributed by atoms with E-state index in [-0.39, 0.29) is 12.1 Å². The van der Waals surface area contributed by atoms with Crippen molar-refractivity contribution < 1.29 is 17.6 Å². The van der Waals surface area contributed by atoms with E-state index in [2.05, 4.69) is 5.92 Å². The molecule has 96 valence electrons. The van der Waals surface area contributed by atoms with Crippen molar-refractivity contribution in [2.75, 3.05) is 13.6 Å². The standard InChI is InChI=1S/C11H11FN2O3S/c1-3-4-14(2)11(15)8-5-9(12)7-10(6-8)18(13,16)17/h1,5-7H,4H2,2H3,(H2,13,16,17). The molecule has 0 fully saturated rings. The molecule has 2 N–H and O–H groups in total. The van der Waals surface area contributed by atoms with Gasteiger partial charge in [-0.05, 0) is 18.2 Å². The lowest BCUT2D eigenvalue weighted by atomic mass is 10.2. The topological polar surface area (TPSA) is 80.5 Å². The number of carbonyl (C=O) groups excluding carboxylic acids is 1. The van der Waals surface area contributed by atoms with Crippen molar-refractivity contribution in [3.05, 3.63) is 29.6 Å². The lowest BCUT2D eigenvalue weighted by Gasteiger charge is -2.14. The smallest absolute Gasteiger partial charge is 0.254 e. The van der Waals surface area contributed by atoms with E-state index in [1.807, 2.05) is 0 Å². The van der Waals surface area contributed by atoms with Crippen LogP contribution in [0.2, 0.25) is 0 Å². The van der Waals surface area contributed by atoms with Crippen LogP contribution in [-0.2, 0) is 10.0 Å². The second-order valence-electron chi connectivity index (χ2n) is 3.59. The summed E-state index contributed by atoms with van der Waals surface area (Å²) < 4.78 is 35.5. The first-order chi connectivity index (χ1) is 8.25. The summed E-state index contributed by atoms with van der Waals surface area (Å²) in [5.74, 6) is 0.798. The molecule has 5 nitrogen and oxygen atoms in total. The number of rotatable bonds is 3. The molecule has 0 aliphatic carbocycles. The molecule has 0 unspecified atom stereocenters. The van der Waals surface area contributed by atoms with Gasteiger partial charge in [-0.1, -0.05) is 5.92 Å². The Morgan fingerprint density at radius 2 is 2.11 bits per heavy atom. The number of carbonyl (C=O) groups is 1. The number of benzene rings is 1. The van der Waals surface area contributed by atoms with Gasteiger partial charge >= 0.3 is 0 Å². The minimum absolute atomic E-state index is 0.0278. The third-order valence-corrected chi connectivity index (χ3v) is 3.01. The highest BCUT2D eigenvalue weighted by molar-refractivity contribution is 7.89. The third kappa shape index (κ3) is 3.29. The van der Waals surface area contributed by atoms with Crippen LogP contribution < -0.4 is 5.14 Å². The first-order valence-electron chi connectivity index (χ1n) is 4.78. The minimum atomic E-state index is -4.07. The molecule has 0 aliphatic rings. The first-order valence-corrected chi connectivity index (χ1v) is 6.32. The molecule has 1 amide bonds. The maximum Gasteiger partial charge on any atom is 0.254 e. The number of nitrogens with two attached hydrogens (primary N) is 1. The van der Waals surface area contributed by atoms with Crippen molar-refractivity contribution in [1.29, 1.82) is 0 Å². The molecule has 0 saturated heterocycles. The van der Waals surface area contributed by atoms with E-state index in [1.165, 1.54) is 7.05 Å². The Bertz CT molecular complexity index is 620. The Morgan fingerprint density at radius 1 is 1.50 bits per heavy atom. The molecule has 0 bridgehead atoms. The van der Waals surface area contributed by atoms with Crippen LogP contribution in [0, 0.1) is 18.2 Å². The van der Waals surface area contributed by atoms with E-state index < -0.39 is 26.6 Å². The molecule has 1 aromatic carbocycles. The van der Waals surface area contributed by atoms with Crippen LogP contribution in [0.3, 0.4) is 0 Å². The van der Waals surface area contributed by atoms with Gasteiger partial charge in [-0.15, -0.1) is 6.42 Å². The molecule has 0 atom stereocenters. The third-order valence-electron chi connectivity index (χ3n) is 2.12. The van der Waals surface area contributed by atoms with Gasteiger partial charge in [-0.3, -0.25) is 4.79 Å². The van der Waals surface area contributed by atoms with E-state index in [0.717, 1.165) is 23.1 Å². The van der Waals surface area contributed by atoms with Crippen molar-refractivity contribution in [3.8, 4) is 12.3 Å². The number of sulfonamides is 1. The number of hydrogen-bond donors (Lipinski definition) is 1. The van der Waals surface area contributed by atoms with Gasteiger partial charge < -0.3 is 4.90 Å². The van der Waals surface area contributed by atoms with Crippen molar-refractivity contribution >= 4 is 15.9 Å². The molecular formula is C11H11FN2O3S. The summed E-state index contributed by atoms with van der Waals surface area (Å²) in [5.41, 5.74) is -0.128. The fourth-order valence-electron chi connectivity index (χ4n) is 1.28. The first kappa shape index (κ1) is 14.2. The van der Waals surface area contributed by atoms with Crippen LogP contribution in [0.15, 0.2) is 23.1 Å². The molecule has 0 aromatic heterocycles. The molecule has 0 aliphatic heterocycles. The highest BCUT2D eigenvalue weighted by Crippen LogP contribution is 2.14. The summed E-state index contributed by atoms with van der Waals surface area (Å²) in [6.07, 6.45) is 5.04. The van der Waals surface area contributed by atoms with E-state index in [0.29, 0.717) is 0 Å². The minimum Gasteiger partial charge on any atom is -0.331 e. The molecule has 1 aromatic rings. The van der Waals surface area contributed by atoms with Crippen molar-refractivity contribution in [2.45, 2.75) is 4.90 Å². The zero-order chi connectivity index (χ0) is 13.9. The van der Waals surface area contributed by atoms with Gasteiger partial charge in [-0.25, -0.2) is 17.9 Å². The summed E-state index contributed by atoms with van der Waals surface area (Å²) in [6, 6.07) is 2.67. The summed E-state index contributed by atoms with van der Waals surface area (Å²) in [5, 5.41) is 4.88. The normalized spacial score (nSPS) is 10.8. The second kappa shape index (κ2) is 5.16. The van der Waals surface area contributed by atoms with Crippen LogP contribution in [0.25, 0.3) is 0 Å². The van der Waals surface area contributed by atoms with Crippen LogP contribution in [0.5, 0.6) is 0 Å². The number of halogens is 1. The number of terminal acetylenes is 1. The zero-order valence-electron chi connectivity index (χ0n) is 9.55. The SMILES string of the molecule is C#CCN(C)C(=O)c1cc(F)cc(S(N)(=O)=O)c1. The molecule has 0 radical (unpaired) electrons. The van der Waals surface area contributed by atoms with E-state index >= 15 is 0 Å². The summed E-state index contributed by atoms with van der Waals surface area (Å²) in [6.45, 7) is 0.0278. The number of hydrogen-bond acceptors (Lipinski definition) is 3. The molecule has 0 saturated carbocycles. The van der Waals surface area contributed by atoms with Gasteiger partial charge in [0.1, 0.15) is 5.82 Å². The monoisotopic (exact) mass is 270 g/mol. The van der Waals surface area contributed by atoms with E-state index in [1.54, 1.807) is 0 Å². The van der Waals surface area contributed by atoms with Gasteiger partial charge in [0.25, 0.3) is 5.91 Å². The maximum atomic E-state index is 13.2. The van der Waals surface area contributed by atoms with Crippen molar-refractivity contribution in [1.82, 2.24) is 4.90 Å². The predicted molar refractivity (Wildman–Crippen MR) is 63.6 cm³/mol. The molecule has 7 heteroatoms. The van der Waals surface area contributed by atoms with Crippen molar-refractivity contribution in [2.24, 2.45) is 5.14 Å². The van der Waals surface area contributed by atoms with Gasteiger partial charge in [0.05, 0.1) is 11.4 Å². The Labute approximate surface area is 104 Å². The quantitative estimate of drug-likeness (QED) is 0.795. The second-order valence-corrected chi connectivity index (χ2v) is 5.15. The maximum absolute atomic E-state index is 13.2. The van der Waals surface area contributed by atoms with Crippen LogP contribution in [0.1, 0.15) is 10.4 Å². The van der Waals surface area contributed by atoms with Gasteiger partial charge in [0.2, 0.25) is 10.0 Å². The number of primary sulfonamides is 1. The van der Waals surface area contributed by atoms with Crippen LogP contribution in [0.4, 0.5) is 4.39 Å². The van der Waals surface area contributed by atoms with Crippen molar-refractivity contribution in [3.63, 3.8) is 0 Å². The summed E-state index contributed by atoms with van der Waals surface area (Å²) >= 11 is 0. The summed E-state index contributed by atoms with van der Waals surface area (Å²) in [7, 11) is -2.65. The molecule has 18 heavy (non-hydrogen) atoms. The lowest BCUT2D eigenvalue weighted by Crippen LogP contribution is -2.27. The Hall–Kier alpha value is -1.91.